The molecule has 0 amide bonds. The van der Waals surface area contributed by atoms with Crippen LogP contribution in [0.2, 0.25) is 0 Å². The van der Waals surface area contributed by atoms with Crippen LogP contribution in [0.4, 0.5) is 0 Å². The summed E-state index contributed by atoms with van der Waals surface area (Å²) in [7, 11) is 0. The lowest BCUT2D eigenvalue weighted by Crippen LogP contribution is -2.44. The first-order valence-electron chi connectivity index (χ1n) is 6.33. The minimum Gasteiger partial charge on any atom is -0.306 e. The van der Waals surface area contributed by atoms with Crippen molar-refractivity contribution in [1.29, 1.82) is 0 Å². The van der Waals surface area contributed by atoms with Crippen LogP contribution in [0, 0.1) is 5.92 Å². The van der Waals surface area contributed by atoms with Crippen LogP contribution in [0.15, 0.2) is 24.4 Å². The number of hydrogen-bond acceptors (Lipinski definition) is 2. The topological polar surface area (TPSA) is 24.9 Å². The van der Waals surface area contributed by atoms with Crippen LogP contribution in [0.3, 0.4) is 0 Å². The Balaban J connectivity index is 1.89. The molecule has 0 radical (unpaired) electrons. The van der Waals surface area contributed by atoms with E-state index in [0.717, 1.165) is 18.2 Å². The van der Waals surface area contributed by atoms with Gasteiger partial charge >= 0.3 is 0 Å². The molecule has 0 aromatic carbocycles. The van der Waals surface area contributed by atoms with E-state index in [2.05, 4.69) is 30.2 Å². The highest BCUT2D eigenvalue weighted by Gasteiger charge is 2.31. The van der Waals surface area contributed by atoms with Gasteiger partial charge in [0.1, 0.15) is 0 Å². The smallest absolute Gasteiger partial charge is 0.0541 e. The molecule has 2 heteroatoms. The van der Waals surface area contributed by atoms with Gasteiger partial charge < -0.3 is 5.32 Å². The number of nitrogens with one attached hydrogen (secondary N) is 1. The molecule has 0 atom stereocenters. The molecule has 2 nitrogen and oxygen atoms in total. The Kier molecular flexibility index (Phi) is 3.59. The zero-order chi connectivity index (χ0) is 11.4. The summed E-state index contributed by atoms with van der Waals surface area (Å²) in [6.45, 7) is 5.53. The Hall–Kier alpha value is -0.890. The van der Waals surface area contributed by atoms with Gasteiger partial charge in [-0.2, -0.15) is 0 Å². The van der Waals surface area contributed by atoms with Crippen LogP contribution in [-0.2, 0) is 6.54 Å². The Labute approximate surface area is 98.5 Å². The highest BCUT2D eigenvalue weighted by atomic mass is 15.0. The lowest BCUT2D eigenvalue weighted by atomic mass is 9.86. The zero-order valence-electron chi connectivity index (χ0n) is 10.4. The van der Waals surface area contributed by atoms with Crippen molar-refractivity contribution >= 4 is 0 Å². The first-order valence-corrected chi connectivity index (χ1v) is 6.33. The van der Waals surface area contributed by atoms with Gasteiger partial charge in [0, 0.05) is 18.3 Å². The average molecular weight is 218 g/mol. The third-order valence-electron chi connectivity index (χ3n) is 3.83. The fourth-order valence-corrected chi connectivity index (χ4v) is 2.61. The third kappa shape index (κ3) is 2.82. The molecular formula is C14H22N2. The van der Waals surface area contributed by atoms with E-state index in [1.807, 2.05) is 18.3 Å². The van der Waals surface area contributed by atoms with E-state index in [0.29, 0.717) is 0 Å². The van der Waals surface area contributed by atoms with E-state index in [9.17, 15) is 0 Å². The summed E-state index contributed by atoms with van der Waals surface area (Å²) in [5, 5.41) is 3.65. The van der Waals surface area contributed by atoms with E-state index in [-0.39, 0.29) is 5.54 Å². The molecule has 1 heterocycles. The summed E-state index contributed by atoms with van der Waals surface area (Å²) in [4.78, 5) is 4.35. The van der Waals surface area contributed by atoms with Crippen molar-refractivity contribution in [3.63, 3.8) is 0 Å². The van der Waals surface area contributed by atoms with Crippen molar-refractivity contribution in [2.75, 3.05) is 0 Å². The quantitative estimate of drug-likeness (QED) is 0.839. The molecule has 16 heavy (non-hydrogen) atoms. The molecule has 0 unspecified atom stereocenters. The van der Waals surface area contributed by atoms with Gasteiger partial charge in [-0.1, -0.05) is 18.9 Å². The first kappa shape index (κ1) is 11.6. The summed E-state index contributed by atoms with van der Waals surface area (Å²) in [6.07, 6.45) is 7.42. The van der Waals surface area contributed by atoms with Gasteiger partial charge in [0.2, 0.25) is 0 Å². The molecule has 0 aliphatic heterocycles. The highest BCUT2D eigenvalue weighted by molar-refractivity contribution is 5.04. The maximum Gasteiger partial charge on any atom is 0.0541 e. The second-order valence-corrected chi connectivity index (χ2v) is 5.38. The molecule has 2 rings (SSSR count). The predicted octanol–water partition coefficient (Wildman–Crippen LogP) is 3.14. The van der Waals surface area contributed by atoms with Gasteiger partial charge in [0.25, 0.3) is 0 Å². The summed E-state index contributed by atoms with van der Waals surface area (Å²) < 4.78 is 0. The Morgan fingerprint density at radius 3 is 2.69 bits per heavy atom. The van der Waals surface area contributed by atoms with Crippen LogP contribution in [0.25, 0.3) is 0 Å². The normalized spacial score (nSPS) is 17.9. The Morgan fingerprint density at radius 2 is 2.06 bits per heavy atom. The molecule has 1 aliphatic carbocycles. The summed E-state index contributed by atoms with van der Waals surface area (Å²) in [5.41, 5.74) is 1.38. The van der Waals surface area contributed by atoms with Gasteiger partial charge in [-0.3, -0.25) is 4.98 Å². The van der Waals surface area contributed by atoms with Gasteiger partial charge in [-0.25, -0.2) is 0 Å². The second kappa shape index (κ2) is 4.96. The minimum atomic E-state index is 0.244. The molecule has 0 saturated heterocycles. The number of aromatic nitrogens is 1. The third-order valence-corrected chi connectivity index (χ3v) is 3.83. The van der Waals surface area contributed by atoms with Gasteiger partial charge in [-0.15, -0.1) is 0 Å². The molecule has 0 spiro atoms. The van der Waals surface area contributed by atoms with Gasteiger partial charge in [0.05, 0.1) is 5.69 Å². The summed E-state index contributed by atoms with van der Waals surface area (Å²) in [5.74, 6) is 0.830. The second-order valence-electron chi connectivity index (χ2n) is 5.38. The molecule has 1 saturated carbocycles. The molecule has 0 bridgehead atoms. The van der Waals surface area contributed by atoms with E-state index in [4.69, 9.17) is 0 Å². The van der Waals surface area contributed by atoms with Crippen molar-refractivity contribution < 1.29 is 0 Å². The number of nitrogens with zero attached hydrogens (tertiary/aromatic N) is 1. The average Bonchev–Trinajstić information content (AvgIpc) is 2.82. The Bertz CT molecular complexity index is 313. The minimum absolute atomic E-state index is 0.244. The van der Waals surface area contributed by atoms with E-state index in [1.54, 1.807) is 0 Å². The lowest BCUT2D eigenvalue weighted by Gasteiger charge is -2.33. The molecule has 88 valence electrons. The molecule has 1 N–H and O–H groups in total. The fourth-order valence-electron chi connectivity index (χ4n) is 2.61. The van der Waals surface area contributed by atoms with E-state index < -0.39 is 0 Å². The van der Waals surface area contributed by atoms with Crippen molar-refractivity contribution in [1.82, 2.24) is 10.3 Å². The van der Waals surface area contributed by atoms with Crippen molar-refractivity contribution in [2.45, 2.75) is 51.6 Å². The summed E-state index contributed by atoms with van der Waals surface area (Å²) >= 11 is 0. The first-order chi connectivity index (χ1) is 7.68. The molecule has 1 aromatic heterocycles. The maximum absolute atomic E-state index is 4.35. The van der Waals surface area contributed by atoms with Crippen LogP contribution in [0.5, 0.6) is 0 Å². The van der Waals surface area contributed by atoms with Crippen molar-refractivity contribution in [2.24, 2.45) is 5.92 Å². The van der Waals surface area contributed by atoms with Gasteiger partial charge in [-0.05, 0) is 44.7 Å². The molecule has 1 aromatic rings. The van der Waals surface area contributed by atoms with Crippen LogP contribution in [-0.4, -0.2) is 10.5 Å². The number of pyridine rings is 1. The largest absolute Gasteiger partial charge is 0.306 e. The summed E-state index contributed by atoms with van der Waals surface area (Å²) in [6, 6.07) is 6.09. The van der Waals surface area contributed by atoms with E-state index >= 15 is 0 Å². The van der Waals surface area contributed by atoms with E-state index in [1.165, 1.54) is 25.7 Å². The van der Waals surface area contributed by atoms with Crippen LogP contribution >= 0.6 is 0 Å². The monoisotopic (exact) mass is 218 g/mol. The highest BCUT2D eigenvalue weighted by Crippen LogP contribution is 2.33. The maximum atomic E-state index is 4.35. The molecule has 1 fully saturated rings. The molecular weight excluding hydrogens is 196 g/mol. The SMILES string of the molecule is CC(C)(NCc1ccccn1)C1CCCC1. The predicted molar refractivity (Wildman–Crippen MR) is 67.1 cm³/mol. The zero-order valence-corrected chi connectivity index (χ0v) is 10.4. The standard InChI is InChI=1S/C14H22N2/c1-14(2,12-7-3-4-8-12)16-11-13-9-5-6-10-15-13/h5-6,9-10,12,16H,3-4,7-8,11H2,1-2H3. The fraction of sp³-hybridized carbons (Fsp3) is 0.643. The van der Waals surface area contributed by atoms with Crippen molar-refractivity contribution in [3.8, 4) is 0 Å². The van der Waals surface area contributed by atoms with Gasteiger partial charge in [0.15, 0.2) is 0 Å². The van der Waals surface area contributed by atoms with Crippen LogP contribution in [0.1, 0.15) is 45.2 Å². The van der Waals surface area contributed by atoms with Crippen molar-refractivity contribution in [3.05, 3.63) is 30.1 Å². The Morgan fingerprint density at radius 1 is 1.31 bits per heavy atom. The van der Waals surface area contributed by atoms with Crippen LogP contribution < -0.4 is 5.32 Å². The number of hydrogen-bond donors (Lipinski definition) is 1. The number of rotatable bonds is 4. The molecule has 1 aliphatic rings. The lowest BCUT2D eigenvalue weighted by molar-refractivity contribution is 0.253.